The molecule has 1 N–H and O–H groups in total. The van der Waals surface area contributed by atoms with Crippen LogP contribution < -0.4 is 5.32 Å². The lowest BCUT2D eigenvalue weighted by atomic mass is 10.1. The summed E-state index contributed by atoms with van der Waals surface area (Å²) in [5.74, 6) is -0.0591. The standard InChI is InChI=1S/C15H29NO2/c1-3-4-5-6-7-8-9-10-11-12-15(17)18-14-13-16-2/h4-5,16H,3,6-14H2,1-2H3/b5-4+. The number of allylic oxidation sites excluding steroid dienone is 2. The van der Waals surface area contributed by atoms with Crippen LogP contribution in [-0.2, 0) is 9.53 Å². The summed E-state index contributed by atoms with van der Waals surface area (Å²) in [7, 11) is 1.85. The fourth-order valence-electron chi connectivity index (χ4n) is 1.69. The smallest absolute Gasteiger partial charge is 0.305 e. The van der Waals surface area contributed by atoms with Gasteiger partial charge in [0.15, 0.2) is 0 Å². The van der Waals surface area contributed by atoms with E-state index >= 15 is 0 Å². The summed E-state index contributed by atoms with van der Waals surface area (Å²) in [6, 6.07) is 0. The van der Waals surface area contributed by atoms with Crippen LogP contribution in [0.25, 0.3) is 0 Å². The van der Waals surface area contributed by atoms with Gasteiger partial charge >= 0.3 is 5.97 Å². The normalized spacial score (nSPS) is 11.0. The summed E-state index contributed by atoms with van der Waals surface area (Å²) < 4.78 is 5.04. The molecule has 0 aromatic heterocycles. The first kappa shape index (κ1) is 17.2. The average Bonchev–Trinajstić information content (AvgIpc) is 2.37. The number of unbranched alkanes of at least 4 members (excludes halogenated alkanes) is 5. The monoisotopic (exact) mass is 255 g/mol. The Morgan fingerprint density at radius 1 is 1.11 bits per heavy atom. The molecule has 0 amide bonds. The first-order valence-corrected chi connectivity index (χ1v) is 7.26. The first-order valence-electron chi connectivity index (χ1n) is 7.26. The van der Waals surface area contributed by atoms with Crippen molar-refractivity contribution >= 4 is 5.97 Å². The summed E-state index contributed by atoms with van der Waals surface area (Å²) in [6.07, 6.45) is 13.2. The van der Waals surface area contributed by atoms with Crippen molar-refractivity contribution in [2.75, 3.05) is 20.2 Å². The molecule has 0 radical (unpaired) electrons. The molecule has 0 heterocycles. The number of rotatable bonds is 12. The van der Waals surface area contributed by atoms with Gasteiger partial charge < -0.3 is 10.1 Å². The fourth-order valence-corrected chi connectivity index (χ4v) is 1.69. The lowest BCUT2D eigenvalue weighted by Gasteiger charge is -2.04. The van der Waals surface area contributed by atoms with Crippen molar-refractivity contribution in [3.05, 3.63) is 12.2 Å². The minimum Gasteiger partial charge on any atom is -0.464 e. The molecule has 0 saturated heterocycles. The third-order valence-electron chi connectivity index (χ3n) is 2.77. The van der Waals surface area contributed by atoms with E-state index < -0.39 is 0 Å². The molecule has 18 heavy (non-hydrogen) atoms. The third kappa shape index (κ3) is 13.2. The van der Waals surface area contributed by atoms with E-state index in [1.165, 1.54) is 25.7 Å². The van der Waals surface area contributed by atoms with Gasteiger partial charge in [-0.1, -0.05) is 38.3 Å². The topological polar surface area (TPSA) is 38.3 Å². The van der Waals surface area contributed by atoms with Crippen LogP contribution in [0.2, 0.25) is 0 Å². The summed E-state index contributed by atoms with van der Waals surface area (Å²) in [6.45, 7) is 3.38. The largest absolute Gasteiger partial charge is 0.464 e. The van der Waals surface area contributed by atoms with Crippen molar-refractivity contribution < 1.29 is 9.53 Å². The van der Waals surface area contributed by atoms with Crippen LogP contribution in [0.5, 0.6) is 0 Å². The van der Waals surface area contributed by atoms with Crippen LogP contribution in [0.15, 0.2) is 12.2 Å². The van der Waals surface area contributed by atoms with Gasteiger partial charge in [0.05, 0.1) is 0 Å². The molecule has 0 atom stereocenters. The fraction of sp³-hybridized carbons (Fsp3) is 0.800. The molecule has 0 aromatic carbocycles. The van der Waals surface area contributed by atoms with E-state index in [1.807, 2.05) is 7.05 Å². The van der Waals surface area contributed by atoms with E-state index in [-0.39, 0.29) is 5.97 Å². The number of hydrogen-bond acceptors (Lipinski definition) is 3. The number of hydrogen-bond donors (Lipinski definition) is 1. The molecule has 0 aliphatic rings. The van der Waals surface area contributed by atoms with Crippen molar-refractivity contribution in [3.63, 3.8) is 0 Å². The minimum atomic E-state index is -0.0591. The number of likely N-dealkylation sites (N-methyl/N-ethyl adjacent to an activating group) is 1. The maximum Gasteiger partial charge on any atom is 0.305 e. The SMILES string of the molecule is CC/C=C/CCCCCCCC(=O)OCCNC. The zero-order valence-electron chi connectivity index (χ0n) is 12.0. The number of carbonyl (C=O) groups excluding carboxylic acids is 1. The second kappa shape index (κ2) is 14.2. The summed E-state index contributed by atoms with van der Waals surface area (Å²) >= 11 is 0. The Bertz CT molecular complexity index is 215. The lowest BCUT2D eigenvalue weighted by molar-refractivity contribution is -0.143. The molecule has 0 aromatic rings. The Balaban J connectivity index is 3.15. The van der Waals surface area contributed by atoms with E-state index in [2.05, 4.69) is 24.4 Å². The number of nitrogens with one attached hydrogen (secondary N) is 1. The van der Waals surface area contributed by atoms with Crippen molar-refractivity contribution in [1.29, 1.82) is 0 Å². The van der Waals surface area contributed by atoms with Gasteiger partial charge in [0.1, 0.15) is 6.61 Å². The van der Waals surface area contributed by atoms with Crippen molar-refractivity contribution in [2.24, 2.45) is 0 Å². The predicted octanol–water partition coefficient (Wildman–Crippen LogP) is 3.45. The van der Waals surface area contributed by atoms with E-state index in [4.69, 9.17) is 4.74 Å². The van der Waals surface area contributed by atoms with Crippen molar-refractivity contribution in [2.45, 2.75) is 58.3 Å². The number of ether oxygens (including phenoxy) is 1. The van der Waals surface area contributed by atoms with Gasteiger partial charge in [0.2, 0.25) is 0 Å². The Morgan fingerprint density at radius 3 is 2.56 bits per heavy atom. The molecule has 0 aliphatic carbocycles. The van der Waals surface area contributed by atoms with Gasteiger partial charge in [0, 0.05) is 13.0 Å². The van der Waals surface area contributed by atoms with E-state index in [9.17, 15) is 4.79 Å². The van der Waals surface area contributed by atoms with Crippen LogP contribution in [0.1, 0.15) is 58.3 Å². The highest BCUT2D eigenvalue weighted by molar-refractivity contribution is 5.69. The summed E-state index contributed by atoms with van der Waals surface area (Å²) in [4.78, 5) is 11.3. The molecule has 0 saturated carbocycles. The molecular weight excluding hydrogens is 226 g/mol. The van der Waals surface area contributed by atoms with Crippen molar-refractivity contribution in [3.8, 4) is 0 Å². The van der Waals surface area contributed by atoms with E-state index in [0.29, 0.717) is 13.0 Å². The van der Waals surface area contributed by atoms with Crippen LogP contribution in [0.4, 0.5) is 0 Å². The quantitative estimate of drug-likeness (QED) is 0.330. The van der Waals surface area contributed by atoms with E-state index in [1.54, 1.807) is 0 Å². The molecule has 3 heteroatoms. The predicted molar refractivity (Wildman–Crippen MR) is 76.6 cm³/mol. The highest BCUT2D eigenvalue weighted by atomic mass is 16.5. The van der Waals surface area contributed by atoms with Crippen LogP contribution in [0.3, 0.4) is 0 Å². The zero-order chi connectivity index (χ0) is 13.5. The van der Waals surface area contributed by atoms with Gasteiger partial charge in [-0.2, -0.15) is 0 Å². The van der Waals surface area contributed by atoms with Gasteiger partial charge in [-0.3, -0.25) is 4.79 Å². The molecule has 3 nitrogen and oxygen atoms in total. The molecule has 0 fully saturated rings. The first-order chi connectivity index (χ1) is 8.81. The van der Waals surface area contributed by atoms with Gasteiger partial charge in [0.25, 0.3) is 0 Å². The number of esters is 1. The molecular formula is C15H29NO2. The maximum atomic E-state index is 11.3. The van der Waals surface area contributed by atoms with Crippen LogP contribution in [-0.4, -0.2) is 26.2 Å². The molecule has 0 unspecified atom stereocenters. The molecule has 0 aliphatic heterocycles. The Kier molecular flexibility index (Phi) is 13.6. The minimum absolute atomic E-state index is 0.0591. The van der Waals surface area contributed by atoms with Crippen LogP contribution in [0, 0.1) is 0 Å². The molecule has 106 valence electrons. The summed E-state index contributed by atoms with van der Waals surface area (Å²) in [5.41, 5.74) is 0. The second-order valence-corrected chi connectivity index (χ2v) is 4.51. The van der Waals surface area contributed by atoms with Crippen LogP contribution >= 0.6 is 0 Å². The lowest BCUT2D eigenvalue weighted by Crippen LogP contribution is -2.17. The third-order valence-corrected chi connectivity index (χ3v) is 2.77. The van der Waals surface area contributed by atoms with Gasteiger partial charge in [-0.25, -0.2) is 0 Å². The second-order valence-electron chi connectivity index (χ2n) is 4.51. The van der Waals surface area contributed by atoms with Gasteiger partial charge in [-0.05, 0) is 32.7 Å². The molecule has 0 spiro atoms. The molecule has 0 bridgehead atoms. The Labute approximate surface area is 112 Å². The summed E-state index contributed by atoms with van der Waals surface area (Å²) in [5, 5.41) is 2.95. The maximum absolute atomic E-state index is 11.3. The van der Waals surface area contributed by atoms with Gasteiger partial charge in [-0.15, -0.1) is 0 Å². The highest BCUT2D eigenvalue weighted by Gasteiger charge is 2.01. The van der Waals surface area contributed by atoms with E-state index in [0.717, 1.165) is 25.8 Å². The van der Waals surface area contributed by atoms with Crippen molar-refractivity contribution in [1.82, 2.24) is 5.32 Å². The molecule has 0 rings (SSSR count). The number of carbonyl (C=O) groups is 1. The Hall–Kier alpha value is -0.830. The zero-order valence-corrected chi connectivity index (χ0v) is 12.0. The highest BCUT2D eigenvalue weighted by Crippen LogP contribution is 2.08. The Morgan fingerprint density at radius 2 is 1.83 bits per heavy atom. The average molecular weight is 255 g/mol.